The van der Waals surface area contributed by atoms with Crippen LogP contribution < -0.4 is 27.8 Å². The van der Waals surface area contributed by atoms with Gasteiger partial charge in [0.2, 0.25) is 4.34 Å². The van der Waals surface area contributed by atoms with Crippen molar-refractivity contribution in [3.63, 3.8) is 0 Å². The largest absolute Gasteiger partial charge is 0.497 e. The van der Waals surface area contributed by atoms with Gasteiger partial charge in [0.05, 0.1) is 7.11 Å². The average Bonchev–Trinajstić information content (AvgIpc) is 3.12. The maximum Gasteiger partial charge on any atom is 0.348 e. The number of hydrogen-bond donors (Lipinski definition) is 0. The molecule has 4 rings (SSSR count). The van der Waals surface area contributed by atoms with Gasteiger partial charge in [-0.05, 0) is 42.4 Å². The average molecular weight is 479 g/mol. The smallest absolute Gasteiger partial charge is 0.348 e. The molecule has 2 aromatic carbocycles. The number of nitrogens with zero attached hydrogens (tertiary/aromatic N) is 2. The second-order valence-corrected chi connectivity index (χ2v) is 9.12. The molecule has 2 heterocycles. The van der Waals surface area contributed by atoms with Gasteiger partial charge in [0, 0.05) is 17.2 Å². The van der Waals surface area contributed by atoms with Crippen LogP contribution in [0.4, 0.5) is 0 Å². The van der Waals surface area contributed by atoms with E-state index in [-0.39, 0.29) is 0 Å². The van der Waals surface area contributed by atoms with Gasteiger partial charge in [-0.2, -0.15) is 4.40 Å². The minimum absolute atomic E-state index is 0.853. The first-order valence-electron chi connectivity index (χ1n) is 8.93. The fourth-order valence-electron chi connectivity index (χ4n) is 3.01. The molecule has 4 aromatic rings. The van der Waals surface area contributed by atoms with Crippen LogP contribution in [0.3, 0.4) is 0 Å². The molecule has 0 saturated heterocycles. The monoisotopic (exact) mass is 478 g/mol. The topological polar surface area (TPSA) is 118 Å². The maximum atomic E-state index is 8.49. The first kappa shape index (κ1) is 23.4. The van der Waals surface area contributed by atoms with Gasteiger partial charge in [-0.3, -0.25) is 0 Å². The van der Waals surface area contributed by atoms with Crippen LogP contribution in [-0.4, -0.2) is 18.3 Å². The van der Waals surface area contributed by atoms with Crippen molar-refractivity contribution in [1.82, 2.24) is 4.98 Å². The molecule has 0 bridgehead atoms. The van der Waals surface area contributed by atoms with E-state index in [1.54, 1.807) is 30.2 Å². The molecule has 0 saturated carbocycles. The highest BCUT2D eigenvalue weighted by molar-refractivity contribution is 8.00. The SMILES string of the molecule is COc1ccc(-c2cc(C)[n+]3c(SC)sc(-c4ccccc4)c3n2)cc1.[O-][Cl+3]([O-])([O-])[O-]. The molecule has 10 heteroatoms. The highest BCUT2D eigenvalue weighted by Gasteiger charge is 2.25. The van der Waals surface area contributed by atoms with E-state index in [1.807, 2.05) is 18.2 Å². The van der Waals surface area contributed by atoms with Crippen molar-refractivity contribution in [1.29, 1.82) is 0 Å². The first-order chi connectivity index (χ1) is 14.7. The van der Waals surface area contributed by atoms with E-state index < -0.39 is 10.2 Å². The summed E-state index contributed by atoms with van der Waals surface area (Å²) in [6.45, 7) is 2.14. The van der Waals surface area contributed by atoms with Gasteiger partial charge in [0.25, 0.3) is 0 Å². The van der Waals surface area contributed by atoms with Crippen LogP contribution in [0.25, 0.3) is 27.3 Å². The van der Waals surface area contributed by atoms with E-state index in [0.717, 1.165) is 22.7 Å². The molecule has 2 aromatic heterocycles. The van der Waals surface area contributed by atoms with Gasteiger partial charge < -0.3 is 4.74 Å². The van der Waals surface area contributed by atoms with Crippen molar-refractivity contribution in [2.24, 2.45) is 0 Å². The van der Waals surface area contributed by atoms with Gasteiger partial charge in [0.15, 0.2) is 5.69 Å². The Bertz CT molecular complexity index is 1160. The quantitative estimate of drug-likeness (QED) is 0.309. The Morgan fingerprint density at radius 3 is 2.13 bits per heavy atom. The van der Waals surface area contributed by atoms with Crippen molar-refractivity contribution in [3.8, 4) is 27.4 Å². The van der Waals surface area contributed by atoms with E-state index >= 15 is 0 Å². The number of ether oxygens (including phenoxy) is 1. The molecule has 0 aliphatic carbocycles. The lowest BCUT2D eigenvalue weighted by Crippen LogP contribution is -2.68. The van der Waals surface area contributed by atoms with Crippen LogP contribution in [0, 0.1) is 17.2 Å². The zero-order chi connectivity index (χ0) is 22.6. The number of fused-ring (bicyclic) bond motifs is 1. The molecule has 7 nitrogen and oxygen atoms in total. The number of rotatable bonds is 4. The predicted molar refractivity (Wildman–Crippen MR) is 109 cm³/mol. The summed E-state index contributed by atoms with van der Waals surface area (Å²) in [5.74, 6) is 0.853. The molecule has 0 unspecified atom stereocenters. The molecule has 0 fully saturated rings. The molecule has 0 N–H and O–H groups in total. The van der Waals surface area contributed by atoms with Crippen LogP contribution in [-0.2, 0) is 0 Å². The fourth-order valence-corrected chi connectivity index (χ4v) is 4.98. The summed E-state index contributed by atoms with van der Waals surface area (Å²) in [5.41, 5.74) is 5.47. The summed E-state index contributed by atoms with van der Waals surface area (Å²) in [6.07, 6.45) is 2.11. The highest BCUT2D eigenvalue weighted by Crippen LogP contribution is 2.34. The predicted octanol–water partition coefficient (Wildman–Crippen LogP) is 0.499. The molecular weight excluding hydrogens is 460 g/mol. The number of thiazole rings is 1. The van der Waals surface area contributed by atoms with E-state index in [9.17, 15) is 0 Å². The Morgan fingerprint density at radius 2 is 1.58 bits per heavy atom. The van der Waals surface area contributed by atoms with Crippen LogP contribution in [0.1, 0.15) is 5.69 Å². The molecule has 0 aliphatic heterocycles. The van der Waals surface area contributed by atoms with Crippen LogP contribution in [0.15, 0.2) is 65.0 Å². The first-order valence-corrected chi connectivity index (χ1v) is 12.2. The number of aromatic nitrogens is 2. The third-order valence-electron chi connectivity index (χ3n) is 4.31. The number of thioether (sulfide) groups is 1. The lowest BCUT2D eigenvalue weighted by molar-refractivity contribution is -2.00. The number of benzene rings is 2. The zero-order valence-electron chi connectivity index (χ0n) is 16.9. The zero-order valence-corrected chi connectivity index (χ0v) is 19.3. The second kappa shape index (κ2) is 9.92. The normalized spacial score (nSPS) is 11.2. The molecule has 0 aliphatic rings. The third kappa shape index (κ3) is 5.92. The van der Waals surface area contributed by atoms with E-state index in [4.69, 9.17) is 28.4 Å². The Kier molecular flexibility index (Phi) is 7.50. The lowest BCUT2D eigenvalue weighted by Gasteiger charge is -2.17. The van der Waals surface area contributed by atoms with Crippen molar-refractivity contribution < 1.29 is 38.0 Å². The summed E-state index contributed by atoms with van der Waals surface area (Å²) in [6, 6.07) is 20.7. The summed E-state index contributed by atoms with van der Waals surface area (Å²) in [5, 5.41) is 0. The molecule has 0 atom stereocenters. The maximum absolute atomic E-state index is 8.49. The Labute approximate surface area is 190 Å². The van der Waals surface area contributed by atoms with Gasteiger partial charge in [0.1, 0.15) is 16.3 Å². The van der Waals surface area contributed by atoms with Gasteiger partial charge in [-0.1, -0.05) is 53.4 Å². The summed E-state index contributed by atoms with van der Waals surface area (Å²) in [7, 11) is -3.26. The molecular formula is C21H19ClN2O5S2. The van der Waals surface area contributed by atoms with Crippen molar-refractivity contribution in [3.05, 3.63) is 66.4 Å². The van der Waals surface area contributed by atoms with Crippen LogP contribution in [0.2, 0.25) is 0 Å². The van der Waals surface area contributed by atoms with Crippen LogP contribution in [0.5, 0.6) is 5.75 Å². The van der Waals surface area contributed by atoms with Gasteiger partial charge in [-0.25, -0.2) is 18.6 Å². The number of hydrogen-bond acceptors (Lipinski definition) is 8. The van der Waals surface area contributed by atoms with Crippen molar-refractivity contribution in [2.45, 2.75) is 11.3 Å². The summed E-state index contributed by atoms with van der Waals surface area (Å²) in [4.78, 5) is 6.23. The minimum Gasteiger partial charge on any atom is -0.497 e. The molecule has 0 amide bonds. The van der Waals surface area contributed by atoms with Crippen molar-refractivity contribution in [2.75, 3.05) is 13.4 Å². The lowest BCUT2D eigenvalue weighted by atomic mass is 10.1. The standard InChI is InChI=1S/C21H19N2OS2.ClHO4/c1-14-13-18(15-9-11-17(24-2)12-10-15)22-20-19(16-7-5-4-6-8-16)26-21(25-3)23(14)20;2-1(3,4)5/h4-13H,1-3H3;(H,2,3,4,5)/q+1;/p-1. The number of halogens is 1. The number of methoxy groups -OCH3 is 1. The minimum atomic E-state index is -4.94. The summed E-state index contributed by atoms with van der Waals surface area (Å²) >= 11 is 3.55. The molecule has 162 valence electrons. The molecule has 0 radical (unpaired) electrons. The third-order valence-corrected chi connectivity index (χ3v) is 6.57. The van der Waals surface area contributed by atoms with Crippen molar-refractivity contribution >= 4 is 28.7 Å². The van der Waals surface area contributed by atoms with Crippen LogP contribution >= 0.6 is 23.1 Å². The van der Waals surface area contributed by atoms with Gasteiger partial charge >= 0.3 is 5.65 Å². The Morgan fingerprint density at radius 1 is 0.968 bits per heavy atom. The van der Waals surface area contributed by atoms with E-state index in [2.05, 4.69) is 60.0 Å². The molecule has 0 spiro atoms. The highest BCUT2D eigenvalue weighted by atomic mass is 35.7. The van der Waals surface area contributed by atoms with E-state index in [1.165, 1.54) is 20.5 Å². The second-order valence-electron chi connectivity index (χ2n) is 6.32. The summed E-state index contributed by atoms with van der Waals surface area (Å²) < 4.78 is 42.7. The van der Waals surface area contributed by atoms with E-state index in [0.29, 0.717) is 0 Å². The fraction of sp³-hybridized carbons (Fsp3) is 0.143. The Balaban J connectivity index is 0.000000491. The van der Waals surface area contributed by atoms with Gasteiger partial charge in [-0.15, -0.1) is 10.2 Å². The Hall–Kier alpha value is -2.24. The number of aryl methyl sites for hydroxylation is 1. The molecule has 31 heavy (non-hydrogen) atoms.